The highest BCUT2D eigenvalue weighted by Gasteiger charge is 2.09. The fraction of sp³-hybridized carbons (Fsp3) is 0.188. The van der Waals surface area contributed by atoms with Gasteiger partial charge >= 0.3 is 0 Å². The molecule has 2 rings (SSSR count). The quantitative estimate of drug-likeness (QED) is 0.752. The maximum atomic E-state index is 10.9. The van der Waals surface area contributed by atoms with E-state index >= 15 is 0 Å². The first-order chi connectivity index (χ1) is 10.2. The lowest BCUT2D eigenvalue weighted by Gasteiger charge is -2.24. The van der Waals surface area contributed by atoms with Crippen molar-refractivity contribution in [1.82, 2.24) is 4.98 Å². The second kappa shape index (κ2) is 7.55. The van der Waals surface area contributed by atoms with Gasteiger partial charge in [0, 0.05) is 41.2 Å². The summed E-state index contributed by atoms with van der Waals surface area (Å²) in [5, 5.41) is 8.82. The van der Waals surface area contributed by atoms with E-state index in [9.17, 15) is 4.79 Å². The molecule has 0 saturated heterocycles. The Morgan fingerprint density at radius 2 is 2.24 bits per heavy atom. The van der Waals surface area contributed by atoms with E-state index in [0.717, 1.165) is 22.0 Å². The lowest BCUT2D eigenvalue weighted by molar-refractivity contribution is 0.112. The van der Waals surface area contributed by atoms with Gasteiger partial charge < -0.3 is 4.90 Å². The van der Waals surface area contributed by atoms with E-state index in [1.54, 1.807) is 12.3 Å². The van der Waals surface area contributed by atoms with E-state index in [0.29, 0.717) is 25.1 Å². The smallest absolute Gasteiger partial charge is 0.151 e. The molecule has 1 aromatic heterocycles. The summed E-state index contributed by atoms with van der Waals surface area (Å²) in [7, 11) is 0. The number of anilines is 1. The number of pyridine rings is 1. The van der Waals surface area contributed by atoms with Crippen molar-refractivity contribution in [2.24, 2.45) is 0 Å². The predicted octanol–water partition coefficient (Wildman–Crippen LogP) is 3.58. The molecule has 5 heteroatoms. The molecule has 106 valence electrons. The molecule has 0 bridgehead atoms. The summed E-state index contributed by atoms with van der Waals surface area (Å²) < 4.78 is 0.753. The normalized spacial score (nSPS) is 9.90. The number of carbonyl (C=O) groups is 1. The first-order valence-corrected chi connectivity index (χ1v) is 7.29. The third kappa shape index (κ3) is 4.14. The van der Waals surface area contributed by atoms with Gasteiger partial charge in [-0.25, -0.2) is 0 Å². The van der Waals surface area contributed by atoms with Crippen LogP contribution in [0.4, 0.5) is 5.69 Å². The molecule has 0 aliphatic rings. The molecular formula is C16H14BrN3O. The van der Waals surface area contributed by atoms with Crippen LogP contribution in [0.15, 0.2) is 47.2 Å². The highest BCUT2D eigenvalue weighted by atomic mass is 79.9. The van der Waals surface area contributed by atoms with Crippen LogP contribution in [0.25, 0.3) is 0 Å². The summed E-state index contributed by atoms with van der Waals surface area (Å²) in [6.07, 6.45) is 4.80. The van der Waals surface area contributed by atoms with E-state index in [1.807, 2.05) is 30.5 Å². The van der Waals surface area contributed by atoms with Crippen LogP contribution in [0.5, 0.6) is 0 Å². The minimum absolute atomic E-state index is 0.438. The molecule has 0 fully saturated rings. The molecule has 0 N–H and O–H groups in total. The van der Waals surface area contributed by atoms with Crippen molar-refractivity contribution in [3.63, 3.8) is 0 Å². The van der Waals surface area contributed by atoms with Crippen LogP contribution in [0, 0.1) is 11.3 Å². The summed E-state index contributed by atoms with van der Waals surface area (Å²) in [6.45, 7) is 1.29. The van der Waals surface area contributed by atoms with Crippen molar-refractivity contribution < 1.29 is 4.79 Å². The number of nitriles is 1. The third-order valence-electron chi connectivity index (χ3n) is 3.07. The summed E-state index contributed by atoms with van der Waals surface area (Å²) in [4.78, 5) is 17.1. The Morgan fingerprint density at radius 1 is 1.38 bits per heavy atom. The molecule has 21 heavy (non-hydrogen) atoms. The monoisotopic (exact) mass is 343 g/mol. The van der Waals surface area contributed by atoms with E-state index < -0.39 is 0 Å². The van der Waals surface area contributed by atoms with Gasteiger partial charge in [-0.2, -0.15) is 5.26 Å². The Balaban J connectivity index is 2.25. The van der Waals surface area contributed by atoms with Crippen LogP contribution in [-0.4, -0.2) is 17.8 Å². The zero-order valence-electron chi connectivity index (χ0n) is 11.4. The zero-order chi connectivity index (χ0) is 15.1. The van der Waals surface area contributed by atoms with Gasteiger partial charge in [-0.15, -0.1) is 0 Å². The molecule has 0 atom stereocenters. The minimum Gasteiger partial charge on any atom is -0.366 e. The van der Waals surface area contributed by atoms with Gasteiger partial charge in [0.25, 0.3) is 0 Å². The average molecular weight is 344 g/mol. The van der Waals surface area contributed by atoms with Crippen molar-refractivity contribution >= 4 is 27.9 Å². The van der Waals surface area contributed by atoms with Gasteiger partial charge in [0.1, 0.15) is 0 Å². The number of rotatable bonds is 6. The van der Waals surface area contributed by atoms with Crippen molar-refractivity contribution in [1.29, 1.82) is 5.26 Å². The Labute approximate surface area is 132 Å². The van der Waals surface area contributed by atoms with Gasteiger partial charge in [0.15, 0.2) is 6.29 Å². The topological polar surface area (TPSA) is 57.0 Å². The molecule has 1 aromatic carbocycles. The van der Waals surface area contributed by atoms with Crippen LogP contribution in [0.3, 0.4) is 0 Å². The highest BCUT2D eigenvalue weighted by Crippen LogP contribution is 2.24. The Kier molecular flexibility index (Phi) is 5.47. The van der Waals surface area contributed by atoms with E-state index in [2.05, 4.69) is 31.9 Å². The van der Waals surface area contributed by atoms with E-state index in [4.69, 9.17) is 5.26 Å². The molecule has 0 unspecified atom stereocenters. The summed E-state index contributed by atoms with van der Waals surface area (Å²) in [6, 6.07) is 11.6. The summed E-state index contributed by atoms with van der Waals surface area (Å²) in [5.74, 6) is 0. The molecule has 0 spiro atoms. The molecule has 0 aliphatic carbocycles. The molecule has 0 radical (unpaired) electrons. The maximum Gasteiger partial charge on any atom is 0.151 e. The maximum absolute atomic E-state index is 10.9. The van der Waals surface area contributed by atoms with Gasteiger partial charge in [0.05, 0.1) is 12.5 Å². The first kappa shape index (κ1) is 15.2. The van der Waals surface area contributed by atoms with Gasteiger partial charge in [-0.1, -0.05) is 6.07 Å². The van der Waals surface area contributed by atoms with E-state index in [-0.39, 0.29) is 0 Å². The molecule has 2 aromatic rings. The van der Waals surface area contributed by atoms with E-state index in [1.165, 1.54) is 0 Å². The number of benzene rings is 1. The Bertz CT molecular complexity index is 652. The van der Waals surface area contributed by atoms with Crippen LogP contribution < -0.4 is 4.90 Å². The minimum atomic E-state index is 0.438. The second-order valence-electron chi connectivity index (χ2n) is 4.51. The number of aldehydes is 1. The SMILES string of the molecule is N#CCCN(Cc1cccnc1)c1ccc(C=O)c(Br)c1. The predicted molar refractivity (Wildman–Crippen MR) is 85.0 cm³/mol. The molecular weight excluding hydrogens is 330 g/mol. The molecule has 1 heterocycles. The summed E-state index contributed by atoms with van der Waals surface area (Å²) in [5.41, 5.74) is 2.65. The molecule has 4 nitrogen and oxygen atoms in total. The summed E-state index contributed by atoms with van der Waals surface area (Å²) >= 11 is 3.39. The zero-order valence-corrected chi connectivity index (χ0v) is 13.0. The Hall–Kier alpha value is -2.19. The van der Waals surface area contributed by atoms with Gasteiger partial charge in [0.2, 0.25) is 0 Å². The van der Waals surface area contributed by atoms with Crippen LogP contribution in [-0.2, 0) is 6.54 Å². The van der Waals surface area contributed by atoms with Gasteiger partial charge in [-0.3, -0.25) is 9.78 Å². The van der Waals surface area contributed by atoms with Crippen molar-refractivity contribution in [3.05, 3.63) is 58.3 Å². The van der Waals surface area contributed by atoms with Crippen molar-refractivity contribution in [2.45, 2.75) is 13.0 Å². The van der Waals surface area contributed by atoms with Crippen LogP contribution >= 0.6 is 15.9 Å². The standard InChI is InChI=1S/C16H14BrN3O/c17-16-9-15(5-4-14(16)12-21)20(8-2-6-18)11-13-3-1-7-19-10-13/h1,3-5,7,9-10,12H,2,8,11H2. The molecule has 0 amide bonds. The average Bonchev–Trinajstić information content (AvgIpc) is 2.52. The largest absolute Gasteiger partial charge is 0.366 e. The molecule has 0 aliphatic heterocycles. The van der Waals surface area contributed by atoms with Crippen molar-refractivity contribution in [2.75, 3.05) is 11.4 Å². The Morgan fingerprint density at radius 3 is 2.86 bits per heavy atom. The van der Waals surface area contributed by atoms with Gasteiger partial charge in [-0.05, 0) is 45.8 Å². The second-order valence-corrected chi connectivity index (χ2v) is 5.37. The van der Waals surface area contributed by atoms with Crippen molar-refractivity contribution in [3.8, 4) is 6.07 Å². The first-order valence-electron chi connectivity index (χ1n) is 6.50. The lowest BCUT2D eigenvalue weighted by Crippen LogP contribution is -2.23. The molecule has 0 saturated carbocycles. The van der Waals surface area contributed by atoms with Crippen LogP contribution in [0.1, 0.15) is 22.3 Å². The number of aromatic nitrogens is 1. The number of nitrogens with zero attached hydrogens (tertiary/aromatic N) is 3. The number of hydrogen-bond donors (Lipinski definition) is 0. The number of carbonyl (C=O) groups excluding carboxylic acids is 1. The fourth-order valence-corrected chi connectivity index (χ4v) is 2.46. The number of hydrogen-bond acceptors (Lipinski definition) is 4. The third-order valence-corrected chi connectivity index (χ3v) is 3.75. The number of halogens is 1. The fourth-order valence-electron chi connectivity index (χ4n) is 2.00. The van der Waals surface area contributed by atoms with Crippen LogP contribution in [0.2, 0.25) is 0 Å². The highest BCUT2D eigenvalue weighted by molar-refractivity contribution is 9.10. The lowest BCUT2D eigenvalue weighted by atomic mass is 10.2.